The average molecular weight is 502 g/mol. The third-order valence-electron chi connectivity index (χ3n) is 6.63. The number of nitrogens with zero attached hydrogens (tertiary/aromatic N) is 1. The van der Waals surface area contributed by atoms with Crippen LogP contribution in [0.2, 0.25) is 5.02 Å². The van der Waals surface area contributed by atoms with Crippen LogP contribution in [-0.4, -0.2) is 66.0 Å². The molecule has 8 nitrogen and oxygen atoms in total. The Bertz CT molecular complexity index is 1150. The van der Waals surface area contributed by atoms with Crippen LogP contribution in [0.25, 0.3) is 11.1 Å². The Kier molecular flexibility index (Phi) is 6.42. The topological polar surface area (TPSA) is 104 Å². The van der Waals surface area contributed by atoms with Gasteiger partial charge in [-0.25, -0.2) is 0 Å². The minimum Gasteiger partial charge on any atom is -0.496 e. The summed E-state index contributed by atoms with van der Waals surface area (Å²) in [5.41, 5.74) is 2.44. The van der Waals surface area contributed by atoms with E-state index in [0.29, 0.717) is 41.4 Å². The van der Waals surface area contributed by atoms with Gasteiger partial charge in [-0.05, 0) is 48.7 Å². The van der Waals surface area contributed by atoms with Gasteiger partial charge in [-0.2, -0.15) is 0 Å². The smallest absolute Gasteiger partial charge is 0.279 e. The lowest BCUT2D eigenvalue weighted by molar-refractivity contribution is -0.648. The SMILES string of the molecule is COc1ccc(Cl)cc1-c1ccc2c(c1)C(=O)N1CC[C@H](NC(=O)[C@@H]3CSC[NH2+]3)C[C@H]1C(=O)N2. The molecule has 5 rings (SSSR count). The van der Waals surface area contributed by atoms with E-state index in [1.54, 1.807) is 54.1 Å². The highest BCUT2D eigenvalue weighted by atomic mass is 35.5. The fraction of sp³-hybridized carbons (Fsp3) is 0.375. The number of hydrogen-bond acceptors (Lipinski definition) is 5. The second-order valence-electron chi connectivity index (χ2n) is 8.72. The zero-order chi connectivity index (χ0) is 23.8. The van der Waals surface area contributed by atoms with Gasteiger partial charge < -0.3 is 25.6 Å². The number of piperidine rings is 1. The van der Waals surface area contributed by atoms with Crippen molar-refractivity contribution in [2.24, 2.45) is 0 Å². The predicted molar refractivity (Wildman–Crippen MR) is 131 cm³/mol. The van der Waals surface area contributed by atoms with Crippen molar-refractivity contribution in [2.75, 3.05) is 30.6 Å². The molecule has 3 amide bonds. The highest BCUT2D eigenvalue weighted by molar-refractivity contribution is 7.99. The number of benzene rings is 2. The molecule has 0 radical (unpaired) electrons. The maximum absolute atomic E-state index is 13.5. The molecule has 0 bridgehead atoms. The summed E-state index contributed by atoms with van der Waals surface area (Å²) < 4.78 is 5.47. The number of anilines is 1. The minimum absolute atomic E-state index is 0.00667. The number of thioether (sulfide) groups is 1. The molecule has 0 saturated carbocycles. The van der Waals surface area contributed by atoms with Crippen LogP contribution in [0, 0.1) is 0 Å². The molecule has 3 aliphatic rings. The number of fused-ring (bicyclic) bond motifs is 2. The van der Waals surface area contributed by atoms with Crippen molar-refractivity contribution in [2.45, 2.75) is 31.0 Å². The Morgan fingerprint density at radius 2 is 2.09 bits per heavy atom. The van der Waals surface area contributed by atoms with Crippen molar-refractivity contribution in [3.63, 3.8) is 0 Å². The average Bonchev–Trinajstić information content (AvgIpc) is 3.36. The monoisotopic (exact) mass is 501 g/mol. The first kappa shape index (κ1) is 23.0. The molecule has 3 heterocycles. The van der Waals surface area contributed by atoms with Crippen molar-refractivity contribution < 1.29 is 24.4 Å². The number of rotatable bonds is 4. The molecular weight excluding hydrogens is 476 g/mol. The maximum atomic E-state index is 13.5. The number of quaternary nitrogens is 1. The molecule has 2 aromatic carbocycles. The lowest BCUT2D eigenvalue weighted by atomic mass is 9.95. The number of nitrogens with two attached hydrogens (primary N) is 1. The lowest BCUT2D eigenvalue weighted by Crippen LogP contribution is -2.89. The Labute approximate surface area is 206 Å². The van der Waals surface area contributed by atoms with Crippen LogP contribution < -0.4 is 20.7 Å². The number of methoxy groups -OCH3 is 1. The third kappa shape index (κ3) is 4.35. The number of amides is 3. The van der Waals surface area contributed by atoms with E-state index in [1.807, 2.05) is 11.4 Å². The summed E-state index contributed by atoms with van der Waals surface area (Å²) in [6.07, 6.45) is 1.00. The van der Waals surface area contributed by atoms with Gasteiger partial charge in [0.05, 0.1) is 24.1 Å². The minimum atomic E-state index is -0.634. The van der Waals surface area contributed by atoms with Gasteiger partial charge in [-0.15, -0.1) is 0 Å². The van der Waals surface area contributed by atoms with Gasteiger partial charge in [0, 0.05) is 23.2 Å². The molecule has 0 aromatic heterocycles. The zero-order valence-electron chi connectivity index (χ0n) is 18.7. The standard InChI is InChI=1S/C24H25ClN4O4S/c1-33-21-5-3-14(25)9-16(21)13-2-4-18-17(8-13)24(32)29-7-6-15(10-20(29)23(31)28-18)27-22(30)19-11-34-12-26-19/h2-5,8-9,15,19-20,26H,6-7,10-12H2,1H3,(H,27,30)(H,28,31)/p+1/t15-,19-,20-/m0/s1. The molecular formula is C24H26ClN4O4S+. The molecule has 2 saturated heterocycles. The van der Waals surface area contributed by atoms with Gasteiger partial charge in [0.25, 0.3) is 11.8 Å². The molecule has 0 unspecified atom stereocenters. The number of ether oxygens (including phenoxy) is 1. The molecule has 4 N–H and O–H groups in total. The highest BCUT2D eigenvalue weighted by Crippen LogP contribution is 2.36. The van der Waals surface area contributed by atoms with Crippen LogP contribution in [0.3, 0.4) is 0 Å². The van der Waals surface area contributed by atoms with Gasteiger partial charge in [0.2, 0.25) is 5.91 Å². The largest absolute Gasteiger partial charge is 0.496 e. The molecule has 34 heavy (non-hydrogen) atoms. The maximum Gasteiger partial charge on any atom is 0.279 e. The second kappa shape index (κ2) is 9.48. The van der Waals surface area contributed by atoms with Crippen LogP contribution in [0.1, 0.15) is 23.2 Å². The number of carbonyl (C=O) groups excluding carboxylic acids is 3. The fourth-order valence-electron chi connectivity index (χ4n) is 4.80. The quantitative estimate of drug-likeness (QED) is 0.591. The molecule has 3 aliphatic heterocycles. The number of carbonyl (C=O) groups is 3. The predicted octanol–water partition coefficient (Wildman–Crippen LogP) is 1.69. The van der Waals surface area contributed by atoms with E-state index in [-0.39, 0.29) is 29.8 Å². The first-order valence-electron chi connectivity index (χ1n) is 11.3. The van der Waals surface area contributed by atoms with Crippen molar-refractivity contribution in [1.29, 1.82) is 0 Å². The van der Waals surface area contributed by atoms with E-state index < -0.39 is 6.04 Å². The van der Waals surface area contributed by atoms with Crippen molar-refractivity contribution in [1.82, 2.24) is 10.2 Å². The Morgan fingerprint density at radius 3 is 2.85 bits per heavy atom. The van der Waals surface area contributed by atoms with Crippen LogP contribution in [-0.2, 0) is 9.59 Å². The summed E-state index contributed by atoms with van der Waals surface area (Å²) in [4.78, 5) is 40.8. The van der Waals surface area contributed by atoms with Crippen LogP contribution in [0.15, 0.2) is 36.4 Å². The molecule has 0 spiro atoms. The Balaban J connectivity index is 1.39. The van der Waals surface area contributed by atoms with Crippen LogP contribution in [0.4, 0.5) is 5.69 Å². The van der Waals surface area contributed by atoms with E-state index in [4.69, 9.17) is 16.3 Å². The number of halogens is 1. The van der Waals surface area contributed by atoms with Crippen molar-refractivity contribution in [3.05, 3.63) is 47.0 Å². The summed E-state index contributed by atoms with van der Waals surface area (Å²) in [5.74, 6) is 1.89. The molecule has 10 heteroatoms. The first-order valence-corrected chi connectivity index (χ1v) is 12.8. The van der Waals surface area contributed by atoms with E-state index >= 15 is 0 Å². The number of hydrogen-bond donors (Lipinski definition) is 3. The normalized spacial score (nSPS) is 24.1. The van der Waals surface area contributed by atoms with Crippen LogP contribution in [0.5, 0.6) is 5.75 Å². The van der Waals surface area contributed by atoms with Gasteiger partial charge in [0.15, 0.2) is 6.04 Å². The molecule has 178 valence electrons. The summed E-state index contributed by atoms with van der Waals surface area (Å²) in [6.45, 7) is 0.398. The first-order chi connectivity index (χ1) is 16.4. The number of nitrogens with one attached hydrogen (secondary N) is 2. The summed E-state index contributed by atoms with van der Waals surface area (Å²) in [6, 6.07) is 9.81. The summed E-state index contributed by atoms with van der Waals surface area (Å²) in [5, 5.41) is 8.60. The molecule has 2 fully saturated rings. The van der Waals surface area contributed by atoms with Gasteiger partial charge in [-0.1, -0.05) is 29.4 Å². The van der Waals surface area contributed by atoms with E-state index in [9.17, 15) is 14.4 Å². The van der Waals surface area contributed by atoms with Crippen molar-refractivity contribution >= 4 is 46.8 Å². The van der Waals surface area contributed by atoms with Gasteiger partial charge in [-0.3, -0.25) is 14.4 Å². The third-order valence-corrected chi connectivity index (χ3v) is 7.88. The summed E-state index contributed by atoms with van der Waals surface area (Å²) >= 11 is 7.94. The summed E-state index contributed by atoms with van der Waals surface area (Å²) in [7, 11) is 1.58. The van der Waals surface area contributed by atoms with E-state index in [2.05, 4.69) is 10.6 Å². The molecule has 3 atom stereocenters. The van der Waals surface area contributed by atoms with E-state index in [1.165, 1.54) is 0 Å². The Hall–Kier alpha value is -2.75. The van der Waals surface area contributed by atoms with Gasteiger partial charge >= 0.3 is 0 Å². The fourth-order valence-corrected chi connectivity index (χ4v) is 6.02. The zero-order valence-corrected chi connectivity index (χ0v) is 20.2. The molecule has 0 aliphatic carbocycles. The van der Waals surface area contributed by atoms with Crippen LogP contribution >= 0.6 is 23.4 Å². The van der Waals surface area contributed by atoms with Crippen molar-refractivity contribution in [3.8, 4) is 16.9 Å². The second-order valence-corrected chi connectivity index (χ2v) is 10.2. The van der Waals surface area contributed by atoms with Gasteiger partial charge in [0.1, 0.15) is 17.7 Å². The lowest BCUT2D eigenvalue weighted by Gasteiger charge is -2.37. The molecule has 2 aromatic rings. The highest BCUT2D eigenvalue weighted by Gasteiger charge is 2.41. The van der Waals surface area contributed by atoms with E-state index in [0.717, 1.165) is 22.8 Å². The Morgan fingerprint density at radius 1 is 1.24 bits per heavy atom.